The molecule has 3 amide bonds. The van der Waals surface area contributed by atoms with Gasteiger partial charge in [-0.3, -0.25) is 14.7 Å². The number of halogens is 1. The molecule has 0 aliphatic heterocycles. The number of ether oxygens (including phenoxy) is 1. The van der Waals surface area contributed by atoms with E-state index in [9.17, 15) is 9.59 Å². The Morgan fingerprint density at radius 1 is 1.26 bits per heavy atom. The topological polar surface area (TPSA) is 111 Å². The van der Waals surface area contributed by atoms with Gasteiger partial charge in [-0.1, -0.05) is 23.4 Å². The summed E-state index contributed by atoms with van der Waals surface area (Å²) in [6.07, 6.45) is 1.58. The zero-order chi connectivity index (χ0) is 22.2. The van der Waals surface area contributed by atoms with Gasteiger partial charge in [0.2, 0.25) is 5.91 Å². The smallest absolute Gasteiger partial charge is 0.321 e. The summed E-state index contributed by atoms with van der Waals surface area (Å²) in [5, 5.41) is 13.8. The van der Waals surface area contributed by atoms with Gasteiger partial charge in [0.15, 0.2) is 11.0 Å². The molecular weight excluding hydrogens is 442 g/mol. The molecule has 0 saturated carbocycles. The lowest BCUT2D eigenvalue weighted by molar-refractivity contribution is -0.119. The first-order valence-corrected chi connectivity index (χ1v) is 10.8. The largest absolute Gasteiger partial charge is 0.486 e. The highest BCUT2D eigenvalue weighted by Gasteiger charge is 2.22. The number of urea groups is 1. The molecule has 0 spiro atoms. The molecule has 1 aromatic carbocycles. The molecule has 0 saturated heterocycles. The zero-order valence-electron chi connectivity index (χ0n) is 17.0. The number of imide groups is 1. The molecule has 31 heavy (non-hydrogen) atoms. The standard InChI is InChI=1S/C20H22ClN5O4S/c1-3-22-19(28)23-18(27)13(2)31-20-25-24-17(26(20)11-16-5-4-10-29-16)12-30-15-8-6-14(21)7-9-15/h4-10,13H,3,11-12H2,1-2H3,(H2,22,23,27,28)/t13-/m0/s1. The highest BCUT2D eigenvalue weighted by molar-refractivity contribution is 8.00. The highest BCUT2D eigenvalue weighted by Crippen LogP contribution is 2.24. The Morgan fingerprint density at radius 3 is 2.71 bits per heavy atom. The van der Waals surface area contributed by atoms with E-state index in [0.29, 0.717) is 40.6 Å². The number of furan rings is 1. The lowest BCUT2D eigenvalue weighted by atomic mass is 10.3. The SMILES string of the molecule is CCNC(=O)NC(=O)[C@H](C)Sc1nnc(COc2ccc(Cl)cc2)n1Cc1ccco1. The van der Waals surface area contributed by atoms with Gasteiger partial charge in [-0.2, -0.15) is 0 Å². The molecule has 0 radical (unpaired) electrons. The second kappa shape index (κ2) is 10.9. The van der Waals surface area contributed by atoms with Gasteiger partial charge in [-0.15, -0.1) is 10.2 Å². The molecule has 0 aliphatic rings. The first-order valence-electron chi connectivity index (χ1n) is 9.54. The van der Waals surface area contributed by atoms with Crippen LogP contribution in [0.5, 0.6) is 5.75 Å². The van der Waals surface area contributed by atoms with Crippen molar-refractivity contribution in [2.45, 2.75) is 37.4 Å². The lowest BCUT2D eigenvalue weighted by Crippen LogP contribution is -2.42. The molecule has 9 nitrogen and oxygen atoms in total. The van der Waals surface area contributed by atoms with Gasteiger partial charge < -0.3 is 14.5 Å². The summed E-state index contributed by atoms with van der Waals surface area (Å²) in [6, 6.07) is 10.1. The van der Waals surface area contributed by atoms with Gasteiger partial charge in [-0.25, -0.2) is 4.79 Å². The molecule has 3 rings (SSSR count). The fourth-order valence-corrected chi connectivity index (χ4v) is 3.53. The van der Waals surface area contributed by atoms with Crippen LogP contribution in [-0.4, -0.2) is 38.5 Å². The molecule has 2 N–H and O–H groups in total. The Bertz CT molecular complexity index is 1010. The normalized spacial score (nSPS) is 11.7. The molecule has 3 aromatic rings. The van der Waals surface area contributed by atoms with Crippen LogP contribution in [0.3, 0.4) is 0 Å². The van der Waals surface area contributed by atoms with E-state index in [4.69, 9.17) is 20.8 Å². The summed E-state index contributed by atoms with van der Waals surface area (Å²) in [5.74, 6) is 1.47. The highest BCUT2D eigenvalue weighted by atomic mass is 35.5. The summed E-state index contributed by atoms with van der Waals surface area (Å²) in [7, 11) is 0. The fraction of sp³-hybridized carbons (Fsp3) is 0.300. The van der Waals surface area contributed by atoms with E-state index < -0.39 is 17.2 Å². The Balaban J connectivity index is 1.73. The third-order valence-electron chi connectivity index (χ3n) is 4.09. The number of nitrogens with zero attached hydrogens (tertiary/aromatic N) is 3. The third kappa shape index (κ3) is 6.50. The first-order chi connectivity index (χ1) is 15.0. The monoisotopic (exact) mass is 463 g/mol. The van der Waals surface area contributed by atoms with E-state index in [2.05, 4.69) is 20.8 Å². The quantitative estimate of drug-likeness (QED) is 0.467. The second-order valence-electron chi connectivity index (χ2n) is 6.42. The van der Waals surface area contributed by atoms with Crippen LogP contribution >= 0.6 is 23.4 Å². The van der Waals surface area contributed by atoms with Gasteiger partial charge >= 0.3 is 6.03 Å². The summed E-state index contributed by atoms with van der Waals surface area (Å²) in [6.45, 7) is 4.42. The average molecular weight is 464 g/mol. The van der Waals surface area contributed by atoms with Crippen LogP contribution in [0.2, 0.25) is 5.02 Å². The number of aromatic nitrogens is 3. The predicted octanol–water partition coefficient (Wildman–Crippen LogP) is 3.48. The summed E-state index contributed by atoms with van der Waals surface area (Å²) in [5.41, 5.74) is 0. The van der Waals surface area contributed by atoms with Crippen molar-refractivity contribution in [3.8, 4) is 5.75 Å². The van der Waals surface area contributed by atoms with E-state index >= 15 is 0 Å². The molecule has 2 aromatic heterocycles. The molecule has 2 heterocycles. The van der Waals surface area contributed by atoms with Crippen LogP contribution < -0.4 is 15.4 Å². The van der Waals surface area contributed by atoms with E-state index in [1.54, 1.807) is 50.4 Å². The van der Waals surface area contributed by atoms with Crippen LogP contribution in [-0.2, 0) is 17.9 Å². The van der Waals surface area contributed by atoms with Crippen LogP contribution in [0.15, 0.2) is 52.2 Å². The Hall–Kier alpha value is -2.98. The van der Waals surface area contributed by atoms with Crippen molar-refractivity contribution in [2.75, 3.05) is 6.54 Å². The van der Waals surface area contributed by atoms with E-state index in [-0.39, 0.29) is 6.61 Å². The van der Waals surface area contributed by atoms with Crippen LogP contribution in [0.4, 0.5) is 4.79 Å². The number of benzene rings is 1. The maximum Gasteiger partial charge on any atom is 0.321 e. The van der Waals surface area contributed by atoms with Gasteiger partial charge in [0, 0.05) is 11.6 Å². The number of nitrogens with one attached hydrogen (secondary N) is 2. The van der Waals surface area contributed by atoms with Gasteiger partial charge in [0.05, 0.1) is 18.1 Å². The van der Waals surface area contributed by atoms with Crippen LogP contribution in [0.1, 0.15) is 25.4 Å². The van der Waals surface area contributed by atoms with Crippen molar-refractivity contribution in [3.05, 3.63) is 59.3 Å². The Kier molecular flexibility index (Phi) is 7.96. The number of carbonyl (C=O) groups excluding carboxylic acids is 2. The maximum atomic E-state index is 12.3. The molecule has 164 valence electrons. The van der Waals surface area contributed by atoms with Gasteiger partial charge in [-0.05, 0) is 50.2 Å². The van der Waals surface area contributed by atoms with E-state index in [1.807, 2.05) is 10.6 Å². The minimum Gasteiger partial charge on any atom is -0.486 e. The Morgan fingerprint density at radius 2 is 2.03 bits per heavy atom. The second-order valence-corrected chi connectivity index (χ2v) is 8.16. The number of rotatable bonds is 9. The van der Waals surface area contributed by atoms with Crippen molar-refractivity contribution in [2.24, 2.45) is 0 Å². The number of carbonyl (C=O) groups is 2. The molecule has 0 aliphatic carbocycles. The maximum absolute atomic E-state index is 12.3. The minimum atomic E-state index is -0.577. The summed E-state index contributed by atoms with van der Waals surface area (Å²) in [4.78, 5) is 23.9. The molecule has 1 atom stereocenters. The zero-order valence-corrected chi connectivity index (χ0v) is 18.6. The van der Waals surface area contributed by atoms with Crippen LogP contribution in [0, 0.1) is 0 Å². The molecule has 11 heteroatoms. The van der Waals surface area contributed by atoms with Crippen molar-refractivity contribution in [1.82, 2.24) is 25.4 Å². The Labute approximate surface area is 188 Å². The summed E-state index contributed by atoms with van der Waals surface area (Å²) < 4.78 is 13.1. The van der Waals surface area contributed by atoms with Crippen molar-refractivity contribution < 1.29 is 18.7 Å². The molecule has 0 unspecified atom stereocenters. The third-order valence-corrected chi connectivity index (χ3v) is 5.43. The fourth-order valence-electron chi connectivity index (χ4n) is 2.54. The minimum absolute atomic E-state index is 0.162. The van der Waals surface area contributed by atoms with Crippen molar-refractivity contribution >= 4 is 35.3 Å². The van der Waals surface area contributed by atoms with Crippen LogP contribution in [0.25, 0.3) is 0 Å². The van der Waals surface area contributed by atoms with Crippen molar-refractivity contribution in [1.29, 1.82) is 0 Å². The molecular formula is C20H22ClN5O4S. The lowest BCUT2D eigenvalue weighted by Gasteiger charge is -2.13. The number of hydrogen-bond donors (Lipinski definition) is 2. The summed E-state index contributed by atoms with van der Waals surface area (Å²) >= 11 is 7.09. The predicted molar refractivity (Wildman–Crippen MR) is 116 cm³/mol. The average Bonchev–Trinajstić information content (AvgIpc) is 3.39. The van der Waals surface area contributed by atoms with Gasteiger partial charge in [0.1, 0.15) is 18.1 Å². The number of thioether (sulfide) groups is 1. The number of amides is 3. The van der Waals surface area contributed by atoms with E-state index in [1.165, 1.54) is 11.8 Å². The first kappa shape index (κ1) is 22.7. The molecule has 0 bridgehead atoms. The van der Waals surface area contributed by atoms with E-state index in [0.717, 1.165) is 0 Å². The van der Waals surface area contributed by atoms with Crippen molar-refractivity contribution in [3.63, 3.8) is 0 Å². The molecule has 0 fully saturated rings. The number of hydrogen-bond acceptors (Lipinski definition) is 7. The van der Waals surface area contributed by atoms with Gasteiger partial charge in [0.25, 0.3) is 0 Å².